The van der Waals surface area contributed by atoms with Crippen molar-refractivity contribution < 1.29 is 13.2 Å². The Balaban J connectivity index is 1.48. The van der Waals surface area contributed by atoms with E-state index in [4.69, 9.17) is 5.26 Å². The van der Waals surface area contributed by atoms with Gasteiger partial charge in [0.2, 0.25) is 5.95 Å². The van der Waals surface area contributed by atoms with Gasteiger partial charge < -0.3 is 10.2 Å². The molecular weight excluding hydrogens is 474 g/mol. The highest BCUT2D eigenvalue weighted by Gasteiger charge is 2.31. The average molecular weight is 504 g/mol. The Kier molecular flexibility index (Phi) is 7.36. The van der Waals surface area contributed by atoms with Crippen LogP contribution in [0.15, 0.2) is 59.8 Å². The van der Waals surface area contributed by atoms with E-state index >= 15 is 0 Å². The Morgan fingerprint density at radius 3 is 2.47 bits per heavy atom. The van der Waals surface area contributed by atoms with Crippen LogP contribution in [0, 0.1) is 17.2 Å². The summed E-state index contributed by atoms with van der Waals surface area (Å²) in [6.07, 6.45) is 3.83. The number of nitrogens with one attached hydrogen (secondary N) is 1. The molecule has 3 aromatic rings. The van der Waals surface area contributed by atoms with Crippen LogP contribution in [0.25, 0.3) is 0 Å². The van der Waals surface area contributed by atoms with Gasteiger partial charge >= 0.3 is 0 Å². The second-order valence-corrected chi connectivity index (χ2v) is 11.4. The highest BCUT2D eigenvalue weighted by atomic mass is 32.2. The van der Waals surface area contributed by atoms with E-state index in [9.17, 15) is 13.2 Å². The fourth-order valence-electron chi connectivity index (χ4n) is 4.54. The number of anilines is 1. The lowest BCUT2D eigenvalue weighted by Gasteiger charge is -2.40. The van der Waals surface area contributed by atoms with Gasteiger partial charge in [-0.25, -0.2) is 18.4 Å². The Hall–Kier alpha value is -3.77. The van der Waals surface area contributed by atoms with Gasteiger partial charge in [-0.2, -0.15) is 5.26 Å². The number of nitrogens with zero attached hydrogens (tertiary/aromatic N) is 4. The van der Waals surface area contributed by atoms with Gasteiger partial charge in [0.25, 0.3) is 5.91 Å². The molecule has 1 N–H and O–H groups in total. The van der Waals surface area contributed by atoms with Crippen LogP contribution in [-0.2, 0) is 22.8 Å². The van der Waals surface area contributed by atoms with Crippen molar-refractivity contribution in [3.63, 3.8) is 0 Å². The molecule has 1 aliphatic rings. The lowest BCUT2D eigenvalue weighted by molar-refractivity contribution is 0.0950. The predicted molar refractivity (Wildman–Crippen MR) is 137 cm³/mol. The van der Waals surface area contributed by atoms with Gasteiger partial charge in [0, 0.05) is 18.7 Å². The summed E-state index contributed by atoms with van der Waals surface area (Å²) in [7, 11) is -3.25. The number of aromatic nitrogens is 2. The SMILES string of the molecule is CCS(=O)(=O)c1ccc(CNC(=O)c2ccc3c(c2)CCN(c2ncc(C#N)cn2)C3C(C)C)cc1. The molecule has 0 radical (unpaired) electrons. The Morgan fingerprint density at radius 2 is 1.86 bits per heavy atom. The quantitative estimate of drug-likeness (QED) is 0.521. The minimum atomic E-state index is -3.25. The number of carbonyl (C=O) groups is 1. The number of carbonyl (C=O) groups excluding carboxylic acids is 1. The molecule has 1 atom stereocenters. The molecule has 0 spiro atoms. The number of amides is 1. The maximum absolute atomic E-state index is 12.9. The first kappa shape index (κ1) is 25.3. The minimum Gasteiger partial charge on any atom is -0.348 e. The van der Waals surface area contributed by atoms with E-state index in [1.165, 1.54) is 0 Å². The van der Waals surface area contributed by atoms with Crippen molar-refractivity contribution in [1.82, 2.24) is 15.3 Å². The van der Waals surface area contributed by atoms with Crippen LogP contribution in [0.4, 0.5) is 5.95 Å². The van der Waals surface area contributed by atoms with E-state index in [2.05, 4.69) is 34.0 Å². The topological polar surface area (TPSA) is 116 Å². The minimum absolute atomic E-state index is 0.0525. The first-order valence-electron chi connectivity index (χ1n) is 11.9. The van der Waals surface area contributed by atoms with Gasteiger partial charge in [0.05, 0.1) is 34.6 Å². The molecule has 8 nitrogen and oxygen atoms in total. The van der Waals surface area contributed by atoms with Crippen molar-refractivity contribution in [2.75, 3.05) is 17.2 Å². The van der Waals surface area contributed by atoms with Crippen molar-refractivity contribution in [2.45, 2.75) is 44.7 Å². The lowest BCUT2D eigenvalue weighted by atomic mass is 9.85. The summed E-state index contributed by atoms with van der Waals surface area (Å²) in [6.45, 7) is 6.92. The molecule has 4 rings (SSSR count). The smallest absolute Gasteiger partial charge is 0.251 e. The average Bonchev–Trinajstić information content (AvgIpc) is 2.90. The predicted octanol–water partition coefficient (Wildman–Crippen LogP) is 3.83. The number of fused-ring (bicyclic) bond motifs is 1. The zero-order valence-corrected chi connectivity index (χ0v) is 21.4. The summed E-state index contributed by atoms with van der Waals surface area (Å²) in [5.74, 6) is 0.750. The molecule has 2 aromatic carbocycles. The van der Waals surface area contributed by atoms with Crippen LogP contribution < -0.4 is 10.2 Å². The third-order valence-electron chi connectivity index (χ3n) is 6.45. The standard InChI is InChI=1S/C27H29N5O3S/c1-4-36(34,35)23-8-5-19(6-9-23)15-29-26(33)22-7-10-24-21(13-22)11-12-32(25(24)18(2)3)27-30-16-20(14-28)17-31-27/h5-10,13,16-18,25H,4,11-12,15H2,1-3H3,(H,29,33). The molecule has 1 aromatic heterocycles. The van der Waals surface area contributed by atoms with Gasteiger partial charge in [-0.15, -0.1) is 0 Å². The van der Waals surface area contributed by atoms with Gasteiger partial charge in [-0.05, 0) is 53.3 Å². The van der Waals surface area contributed by atoms with Gasteiger partial charge in [0.15, 0.2) is 9.84 Å². The lowest BCUT2D eigenvalue weighted by Crippen LogP contribution is -2.39. The summed E-state index contributed by atoms with van der Waals surface area (Å²) in [4.78, 5) is 24.1. The first-order chi connectivity index (χ1) is 17.2. The Labute approximate surface area is 211 Å². The summed E-state index contributed by atoms with van der Waals surface area (Å²) >= 11 is 0. The van der Waals surface area contributed by atoms with Crippen LogP contribution in [0.3, 0.4) is 0 Å². The van der Waals surface area contributed by atoms with Gasteiger partial charge in [-0.1, -0.05) is 39.0 Å². The van der Waals surface area contributed by atoms with E-state index in [-0.39, 0.29) is 28.5 Å². The van der Waals surface area contributed by atoms with Crippen LogP contribution in [0.2, 0.25) is 0 Å². The summed E-state index contributed by atoms with van der Waals surface area (Å²) in [5.41, 5.74) is 4.11. The van der Waals surface area contributed by atoms with Crippen molar-refractivity contribution in [3.05, 3.63) is 82.7 Å². The third kappa shape index (κ3) is 5.24. The molecule has 9 heteroatoms. The number of rotatable bonds is 7. The van der Waals surface area contributed by atoms with E-state index in [0.29, 0.717) is 30.2 Å². The number of hydrogen-bond donors (Lipinski definition) is 1. The van der Waals surface area contributed by atoms with Crippen LogP contribution in [0.1, 0.15) is 59.4 Å². The number of hydrogen-bond acceptors (Lipinski definition) is 7. The number of benzene rings is 2. The van der Waals surface area contributed by atoms with Gasteiger partial charge in [0.1, 0.15) is 6.07 Å². The van der Waals surface area contributed by atoms with Crippen LogP contribution in [-0.4, -0.2) is 36.6 Å². The van der Waals surface area contributed by atoms with Crippen molar-refractivity contribution in [1.29, 1.82) is 5.26 Å². The molecule has 0 aliphatic carbocycles. The van der Waals surface area contributed by atoms with E-state index in [0.717, 1.165) is 23.1 Å². The summed E-state index contributed by atoms with van der Waals surface area (Å²) in [5, 5.41) is 12.0. The summed E-state index contributed by atoms with van der Waals surface area (Å²) in [6, 6.07) is 14.5. The van der Waals surface area contributed by atoms with Crippen LogP contribution >= 0.6 is 0 Å². The number of sulfone groups is 1. The fraction of sp³-hybridized carbons (Fsp3) is 0.333. The van der Waals surface area contributed by atoms with Crippen molar-refractivity contribution >= 4 is 21.7 Å². The largest absolute Gasteiger partial charge is 0.348 e. The number of nitriles is 1. The zero-order chi connectivity index (χ0) is 25.9. The monoisotopic (exact) mass is 503 g/mol. The second-order valence-electron chi connectivity index (χ2n) is 9.16. The molecule has 2 heterocycles. The molecule has 0 bridgehead atoms. The Bertz CT molecular complexity index is 1390. The molecular formula is C27H29N5O3S. The maximum Gasteiger partial charge on any atom is 0.251 e. The van der Waals surface area contributed by atoms with Crippen LogP contribution in [0.5, 0.6) is 0 Å². The molecule has 0 saturated heterocycles. The molecule has 186 valence electrons. The Morgan fingerprint density at radius 1 is 1.17 bits per heavy atom. The molecule has 1 unspecified atom stereocenters. The maximum atomic E-state index is 12.9. The van der Waals surface area contributed by atoms with Gasteiger partial charge in [-0.3, -0.25) is 4.79 Å². The van der Waals surface area contributed by atoms with E-state index in [1.807, 2.05) is 24.3 Å². The van der Waals surface area contributed by atoms with Crippen molar-refractivity contribution in [3.8, 4) is 6.07 Å². The fourth-order valence-corrected chi connectivity index (χ4v) is 5.42. The van der Waals surface area contributed by atoms with Crippen molar-refractivity contribution in [2.24, 2.45) is 5.92 Å². The molecule has 1 aliphatic heterocycles. The summed E-state index contributed by atoms with van der Waals surface area (Å²) < 4.78 is 24.0. The van der Waals surface area contributed by atoms with E-state index in [1.54, 1.807) is 43.6 Å². The molecule has 0 fully saturated rings. The zero-order valence-electron chi connectivity index (χ0n) is 20.6. The normalized spacial score (nSPS) is 15.3. The first-order valence-corrected chi connectivity index (χ1v) is 13.6. The highest BCUT2D eigenvalue weighted by Crippen LogP contribution is 2.37. The third-order valence-corrected chi connectivity index (χ3v) is 8.20. The van der Waals surface area contributed by atoms with E-state index < -0.39 is 9.84 Å². The molecule has 1 amide bonds. The highest BCUT2D eigenvalue weighted by molar-refractivity contribution is 7.91. The molecule has 0 saturated carbocycles. The molecule has 36 heavy (non-hydrogen) atoms. The second kappa shape index (κ2) is 10.5.